The third-order valence-corrected chi connectivity index (χ3v) is 5.01. The second-order valence-corrected chi connectivity index (χ2v) is 7.44. The van der Waals surface area contributed by atoms with Gasteiger partial charge in [0.15, 0.2) is 0 Å². The molecule has 0 spiro atoms. The third-order valence-electron chi connectivity index (χ3n) is 5.01. The van der Waals surface area contributed by atoms with E-state index in [1.165, 1.54) is 0 Å². The number of pyridine rings is 1. The average Bonchev–Trinajstić information content (AvgIpc) is 2.69. The predicted molar refractivity (Wildman–Crippen MR) is 120 cm³/mol. The Bertz CT molecular complexity index is 821. The van der Waals surface area contributed by atoms with Crippen LogP contribution in [0.1, 0.15) is 57.6 Å². The molecule has 2 heterocycles. The first-order valence-electron chi connectivity index (χ1n) is 10.4. The zero-order valence-electron chi connectivity index (χ0n) is 17.9. The van der Waals surface area contributed by atoms with Crippen LogP contribution in [0.3, 0.4) is 0 Å². The van der Waals surface area contributed by atoms with Crippen molar-refractivity contribution in [2.45, 2.75) is 65.5 Å². The lowest BCUT2D eigenvalue weighted by Crippen LogP contribution is -2.37. The van der Waals surface area contributed by atoms with Crippen LogP contribution in [-0.4, -0.2) is 28.6 Å². The number of hydrogen-bond acceptors (Lipinski definition) is 4. The van der Waals surface area contributed by atoms with E-state index < -0.39 is 0 Å². The van der Waals surface area contributed by atoms with Gasteiger partial charge >= 0.3 is 0 Å². The molecule has 5 heteroatoms. The fourth-order valence-corrected chi connectivity index (χ4v) is 3.33. The molecule has 29 heavy (non-hydrogen) atoms. The van der Waals surface area contributed by atoms with E-state index in [4.69, 9.17) is 0 Å². The van der Waals surface area contributed by atoms with Crippen LogP contribution in [0.4, 0.5) is 5.82 Å². The summed E-state index contributed by atoms with van der Waals surface area (Å²) in [4.78, 5) is 14.9. The second-order valence-electron chi connectivity index (χ2n) is 7.44. The van der Waals surface area contributed by atoms with E-state index in [0.29, 0.717) is 12.2 Å². The highest BCUT2D eigenvalue weighted by molar-refractivity contribution is 5.72. The molecule has 0 radical (unpaired) electrons. The maximum absolute atomic E-state index is 10.6. The molecule has 2 unspecified atom stereocenters. The number of dihydropyridines is 1. The normalized spacial score (nSPS) is 18.1. The van der Waals surface area contributed by atoms with Crippen LogP contribution in [0.2, 0.25) is 0 Å². The van der Waals surface area contributed by atoms with Gasteiger partial charge in [0.05, 0.1) is 12.1 Å². The Kier molecular flexibility index (Phi) is 8.87. The topological polar surface area (TPSA) is 74.2 Å². The summed E-state index contributed by atoms with van der Waals surface area (Å²) in [5.41, 5.74) is 5.37. The van der Waals surface area contributed by atoms with Gasteiger partial charge in [0.1, 0.15) is 5.82 Å². The van der Waals surface area contributed by atoms with E-state index in [2.05, 4.69) is 60.7 Å². The van der Waals surface area contributed by atoms with E-state index in [1.54, 1.807) is 6.20 Å². The van der Waals surface area contributed by atoms with Crippen LogP contribution in [0, 0.1) is 6.92 Å². The molecule has 1 aliphatic rings. The van der Waals surface area contributed by atoms with Crippen molar-refractivity contribution in [1.82, 2.24) is 10.3 Å². The highest BCUT2D eigenvalue weighted by Gasteiger charge is 2.20. The summed E-state index contributed by atoms with van der Waals surface area (Å²) >= 11 is 0. The Labute approximate surface area is 174 Å². The number of aliphatic hydroxyl groups excluding tert-OH is 1. The number of unbranched alkanes of at least 4 members (excludes halogenated alkanes) is 1. The number of carbonyl (C=O) groups is 1. The summed E-state index contributed by atoms with van der Waals surface area (Å²) in [6.45, 7) is 8.33. The molecule has 1 aromatic rings. The Morgan fingerprint density at radius 2 is 2.14 bits per heavy atom. The molecule has 1 aliphatic heterocycles. The average molecular weight is 396 g/mol. The summed E-state index contributed by atoms with van der Waals surface area (Å²) in [5.74, 6) is 0.542. The van der Waals surface area contributed by atoms with Crippen LogP contribution >= 0.6 is 0 Å². The van der Waals surface area contributed by atoms with Crippen LogP contribution in [0.15, 0.2) is 53.4 Å². The van der Waals surface area contributed by atoms with Crippen LogP contribution in [-0.2, 0) is 4.79 Å². The van der Waals surface area contributed by atoms with Gasteiger partial charge in [-0.05, 0) is 61.1 Å². The number of rotatable bonds is 10. The van der Waals surface area contributed by atoms with E-state index >= 15 is 0 Å². The molecule has 2 atom stereocenters. The van der Waals surface area contributed by atoms with Gasteiger partial charge in [-0.15, -0.1) is 0 Å². The molecule has 156 valence electrons. The number of allylic oxidation sites excluding steroid dienone is 5. The van der Waals surface area contributed by atoms with Gasteiger partial charge in [0.25, 0.3) is 0 Å². The molecule has 0 aromatic carbocycles. The first-order valence-corrected chi connectivity index (χ1v) is 10.4. The molecule has 2 rings (SSSR count). The molecule has 0 bridgehead atoms. The maximum Gasteiger partial charge on any atom is 0.212 e. The smallest absolute Gasteiger partial charge is 0.212 e. The first-order chi connectivity index (χ1) is 14.0. The number of aromatic nitrogens is 1. The number of nitrogens with one attached hydrogen (secondary N) is 2. The first kappa shape index (κ1) is 22.6. The van der Waals surface area contributed by atoms with Gasteiger partial charge in [-0.2, -0.15) is 0 Å². The number of aryl methyl sites for hydroxylation is 1. The maximum atomic E-state index is 10.6. The minimum Gasteiger partial charge on any atom is -0.391 e. The quantitative estimate of drug-likeness (QED) is 0.398. The van der Waals surface area contributed by atoms with Crippen molar-refractivity contribution in [2.24, 2.45) is 0 Å². The third kappa shape index (κ3) is 6.43. The van der Waals surface area contributed by atoms with Gasteiger partial charge < -0.3 is 15.7 Å². The standard InChI is InChI=1S/C24H33N3O2/c1-5-7-8-10-19(13-20-14-26-24(27-16-28)12-17(20)3)21-15-25-22(11-18(21)4)23(29)9-6-2/h8,10-16,22-23,25,29H,5-7,9H2,1-4H3,(H,26,27,28)/b10-8+,19-13+. The van der Waals surface area contributed by atoms with E-state index in [0.717, 1.165) is 53.5 Å². The lowest BCUT2D eigenvalue weighted by Gasteiger charge is -2.26. The largest absolute Gasteiger partial charge is 0.391 e. The number of nitrogens with zero attached hydrogens (tertiary/aromatic N) is 1. The lowest BCUT2D eigenvalue weighted by molar-refractivity contribution is -0.105. The molecule has 1 aromatic heterocycles. The summed E-state index contributed by atoms with van der Waals surface area (Å²) in [5, 5.41) is 16.3. The molecule has 0 saturated carbocycles. The van der Waals surface area contributed by atoms with Crippen molar-refractivity contribution in [3.8, 4) is 0 Å². The summed E-state index contributed by atoms with van der Waals surface area (Å²) in [6.07, 6.45) is 16.4. The predicted octanol–water partition coefficient (Wildman–Crippen LogP) is 4.66. The second kappa shape index (κ2) is 11.4. The van der Waals surface area contributed by atoms with Crippen LogP contribution in [0.5, 0.6) is 0 Å². The molecule has 0 saturated heterocycles. The number of anilines is 1. The number of carbonyl (C=O) groups excluding carboxylic acids is 1. The number of aliphatic hydroxyl groups is 1. The molecule has 3 N–H and O–H groups in total. The Balaban J connectivity index is 2.35. The van der Waals surface area contributed by atoms with Crippen LogP contribution in [0.25, 0.3) is 6.08 Å². The molecule has 0 aliphatic carbocycles. The van der Waals surface area contributed by atoms with E-state index in [1.807, 2.05) is 19.2 Å². The Morgan fingerprint density at radius 3 is 2.76 bits per heavy atom. The van der Waals surface area contributed by atoms with Gasteiger partial charge in [-0.1, -0.05) is 44.9 Å². The zero-order valence-corrected chi connectivity index (χ0v) is 17.9. The van der Waals surface area contributed by atoms with E-state index in [-0.39, 0.29) is 12.1 Å². The van der Waals surface area contributed by atoms with Gasteiger partial charge in [0, 0.05) is 18.0 Å². The molecular weight excluding hydrogens is 362 g/mol. The van der Waals surface area contributed by atoms with Gasteiger partial charge in [-0.3, -0.25) is 4.79 Å². The Hall–Kier alpha value is -2.66. The fraction of sp³-hybridized carbons (Fsp3) is 0.417. The molecule has 1 amide bonds. The molecule has 5 nitrogen and oxygen atoms in total. The monoisotopic (exact) mass is 395 g/mol. The van der Waals surface area contributed by atoms with E-state index in [9.17, 15) is 9.90 Å². The van der Waals surface area contributed by atoms with Gasteiger partial charge in [-0.25, -0.2) is 4.98 Å². The minimum atomic E-state index is -0.389. The molecule has 0 fully saturated rings. The van der Waals surface area contributed by atoms with Crippen LogP contribution < -0.4 is 10.6 Å². The van der Waals surface area contributed by atoms with Crippen molar-refractivity contribution in [3.05, 3.63) is 64.5 Å². The highest BCUT2D eigenvalue weighted by Crippen LogP contribution is 2.27. The lowest BCUT2D eigenvalue weighted by atomic mass is 9.91. The van der Waals surface area contributed by atoms with Crippen molar-refractivity contribution in [3.63, 3.8) is 0 Å². The fourth-order valence-electron chi connectivity index (χ4n) is 3.33. The van der Waals surface area contributed by atoms with Gasteiger partial charge in [0.2, 0.25) is 6.41 Å². The Morgan fingerprint density at radius 1 is 1.34 bits per heavy atom. The SMILES string of the molecule is CCC/C=C/C(=C\c1cnc(NC=O)cc1C)C1=CNC(C(O)CCC)C=C1C. The summed E-state index contributed by atoms with van der Waals surface area (Å²) in [7, 11) is 0. The zero-order chi connectivity index (χ0) is 21.2. The number of hydrogen-bond donors (Lipinski definition) is 3. The highest BCUT2D eigenvalue weighted by atomic mass is 16.3. The van der Waals surface area contributed by atoms with Crippen molar-refractivity contribution >= 4 is 18.3 Å². The van der Waals surface area contributed by atoms with Crippen molar-refractivity contribution in [1.29, 1.82) is 0 Å². The summed E-state index contributed by atoms with van der Waals surface area (Å²) < 4.78 is 0. The van der Waals surface area contributed by atoms with Crippen molar-refractivity contribution in [2.75, 3.05) is 5.32 Å². The van der Waals surface area contributed by atoms with Crippen molar-refractivity contribution < 1.29 is 9.90 Å². The number of amides is 1. The minimum absolute atomic E-state index is 0.0586. The summed E-state index contributed by atoms with van der Waals surface area (Å²) in [6, 6.07) is 1.80. The molecular formula is C24H33N3O2.